The van der Waals surface area contributed by atoms with Gasteiger partial charge in [-0.2, -0.15) is 0 Å². The van der Waals surface area contributed by atoms with Gasteiger partial charge >= 0.3 is 6.03 Å². The fraction of sp³-hybridized carbons (Fsp3) is 0.300. The number of hydrogen-bond acceptors (Lipinski definition) is 4. The zero-order valence-corrected chi connectivity index (χ0v) is 15.9. The molecule has 1 saturated heterocycles. The third-order valence-electron chi connectivity index (χ3n) is 4.72. The average Bonchev–Trinajstić information content (AvgIpc) is 3.05. The third kappa shape index (κ3) is 4.07. The third-order valence-corrected chi connectivity index (χ3v) is 5.05. The van der Waals surface area contributed by atoms with E-state index >= 15 is 0 Å². The normalized spacial score (nSPS) is 15.3. The molecule has 0 spiro atoms. The molecule has 2 amide bonds. The lowest BCUT2D eigenvalue weighted by Crippen LogP contribution is -2.49. The lowest BCUT2D eigenvalue weighted by Gasteiger charge is -2.34. The van der Waals surface area contributed by atoms with E-state index in [2.05, 4.69) is 15.2 Å². The predicted octanol–water partition coefficient (Wildman–Crippen LogP) is 4.14. The molecule has 6 nitrogen and oxygen atoms in total. The molecule has 0 aliphatic carbocycles. The van der Waals surface area contributed by atoms with Crippen LogP contribution in [0.5, 0.6) is 0 Å². The summed E-state index contributed by atoms with van der Waals surface area (Å²) in [5.74, 6) is 0.713. The SMILES string of the molecule is Cc1ccc2oc(CN3CCN(C(=O)Nc4ccccc4Cl)CC3)nc2c1. The number of piperazine rings is 1. The molecule has 0 atom stereocenters. The van der Waals surface area contributed by atoms with E-state index in [9.17, 15) is 4.79 Å². The molecule has 4 rings (SSSR count). The molecule has 140 valence electrons. The largest absolute Gasteiger partial charge is 0.439 e. The highest BCUT2D eigenvalue weighted by Gasteiger charge is 2.22. The number of benzene rings is 2. The summed E-state index contributed by atoms with van der Waals surface area (Å²) < 4.78 is 5.83. The molecule has 1 fully saturated rings. The first kappa shape index (κ1) is 17.8. The van der Waals surface area contributed by atoms with Gasteiger partial charge in [-0.05, 0) is 36.8 Å². The summed E-state index contributed by atoms with van der Waals surface area (Å²) in [5, 5.41) is 3.41. The van der Waals surface area contributed by atoms with Gasteiger partial charge in [-0.1, -0.05) is 29.8 Å². The number of carbonyl (C=O) groups excluding carboxylic acids is 1. The van der Waals surface area contributed by atoms with Crippen molar-refractivity contribution in [2.24, 2.45) is 0 Å². The van der Waals surface area contributed by atoms with Crippen LogP contribution < -0.4 is 5.32 Å². The van der Waals surface area contributed by atoms with Crippen LogP contribution in [0.4, 0.5) is 10.5 Å². The van der Waals surface area contributed by atoms with Crippen molar-refractivity contribution in [2.75, 3.05) is 31.5 Å². The first-order chi connectivity index (χ1) is 13.1. The van der Waals surface area contributed by atoms with Crippen LogP contribution in [0, 0.1) is 6.92 Å². The second-order valence-corrected chi connectivity index (χ2v) is 7.16. The molecule has 0 saturated carbocycles. The number of fused-ring (bicyclic) bond motifs is 1. The number of nitrogens with one attached hydrogen (secondary N) is 1. The van der Waals surface area contributed by atoms with Crippen molar-refractivity contribution >= 4 is 34.4 Å². The standard InChI is InChI=1S/C20H21ClN4O2/c1-14-6-7-18-17(12-14)22-19(27-18)13-24-8-10-25(11-9-24)20(26)23-16-5-3-2-4-15(16)21/h2-7,12H,8-11,13H2,1H3,(H,23,26). The van der Waals surface area contributed by atoms with Gasteiger partial charge in [-0.3, -0.25) is 4.90 Å². The van der Waals surface area contributed by atoms with Crippen LogP contribution in [0.2, 0.25) is 5.02 Å². The topological polar surface area (TPSA) is 61.6 Å². The number of oxazole rings is 1. The Morgan fingerprint density at radius 2 is 1.96 bits per heavy atom. The van der Waals surface area contributed by atoms with Crippen molar-refractivity contribution in [3.05, 3.63) is 58.9 Å². The van der Waals surface area contributed by atoms with Gasteiger partial charge in [0.05, 0.1) is 17.3 Å². The highest BCUT2D eigenvalue weighted by Crippen LogP contribution is 2.21. The lowest BCUT2D eigenvalue weighted by atomic mass is 10.2. The van der Waals surface area contributed by atoms with Crippen molar-refractivity contribution < 1.29 is 9.21 Å². The van der Waals surface area contributed by atoms with Gasteiger partial charge in [-0.25, -0.2) is 9.78 Å². The molecule has 27 heavy (non-hydrogen) atoms. The Morgan fingerprint density at radius 1 is 1.19 bits per heavy atom. The van der Waals surface area contributed by atoms with Crippen LogP contribution in [0.15, 0.2) is 46.9 Å². The monoisotopic (exact) mass is 384 g/mol. The zero-order valence-electron chi connectivity index (χ0n) is 15.1. The van der Waals surface area contributed by atoms with Gasteiger partial charge in [0.25, 0.3) is 0 Å². The van der Waals surface area contributed by atoms with E-state index in [1.165, 1.54) is 5.56 Å². The number of nitrogens with zero attached hydrogens (tertiary/aromatic N) is 3. The number of carbonyl (C=O) groups is 1. The first-order valence-corrected chi connectivity index (χ1v) is 9.35. The average molecular weight is 385 g/mol. The Balaban J connectivity index is 1.33. The number of aryl methyl sites for hydroxylation is 1. The Hall–Kier alpha value is -2.57. The molecule has 3 aromatic rings. The van der Waals surface area contributed by atoms with E-state index in [0.29, 0.717) is 36.2 Å². The number of aromatic nitrogens is 1. The van der Waals surface area contributed by atoms with E-state index in [-0.39, 0.29) is 6.03 Å². The molecule has 1 aliphatic heterocycles. The number of rotatable bonds is 3. The van der Waals surface area contributed by atoms with Crippen LogP contribution in [0.3, 0.4) is 0 Å². The van der Waals surface area contributed by atoms with E-state index in [0.717, 1.165) is 24.2 Å². The summed E-state index contributed by atoms with van der Waals surface area (Å²) in [4.78, 5) is 21.1. The molecule has 0 unspecified atom stereocenters. The number of amides is 2. The van der Waals surface area contributed by atoms with E-state index in [1.54, 1.807) is 17.0 Å². The molecule has 2 heterocycles. The second-order valence-electron chi connectivity index (χ2n) is 6.75. The summed E-state index contributed by atoms with van der Waals surface area (Å²) in [6.45, 7) is 5.53. The number of hydrogen-bond donors (Lipinski definition) is 1. The summed E-state index contributed by atoms with van der Waals surface area (Å²) in [6, 6.07) is 13.1. The highest BCUT2D eigenvalue weighted by molar-refractivity contribution is 6.33. The minimum Gasteiger partial charge on any atom is -0.439 e. The second kappa shape index (κ2) is 7.58. The van der Waals surface area contributed by atoms with Crippen molar-refractivity contribution in [1.82, 2.24) is 14.8 Å². The number of urea groups is 1. The molecule has 1 aliphatic rings. The lowest BCUT2D eigenvalue weighted by molar-refractivity contribution is 0.136. The van der Waals surface area contributed by atoms with Crippen LogP contribution >= 0.6 is 11.6 Å². The fourth-order valence-corrected chi connectivity index (χ4v) is 3.39. The maximum atomic E-state index is 12.4. The Labute approximate surface area is 162 Å². The molecular weight excluding hydrogens is 364 g/mol. The Morgan fingerprint density at radius 3 is 2.74 bits per heavy atom. The zero-order chi connectivity index (χ0) is 18.8. The molecule has 7 heteroatoms. The van der Waals surface area contributed by atoms with Crippen molar-refractivity contribution in [3.63, 3.8) is 0 Å². The summed E-state index contributed by atoms with van der Waals surface area (Å²) in [7, 11) is 0. The van der Waals surface area contributed by atoms with Gasteiger partial charge in [0.1, 0.15) is 5.52 Å². The molecule has 0 radical (unpaired) electrons. The van der Waals surface area contributed by atoms with E-state index in [1.807, 2.05) is 37.3 Å². The number of anilines is 1. The number of halogens is 1. The maximum Gasteiger partial charge on any atom is 0.321 e. The van der Waals surface area contributed by atoms with E-state index < -0.39 is 0 Å². The fourth-order valence-electron chi connectivity index (χ4n) is 3.21. The Bertz CT molecular complexity index is 964. The maximum absolute atomic E-state index is 12.4. The van der Waals surface area contributed by atoms with Crippen LogP contribution in [0.25, 0.3) is 11.1 Å². The van der Waals surface area contributed by atoms with Gasteiger partial charge in [-0.15, -0.1) is 0 Å². The van der Waals surface area contributed by atoms with Crippen molar-refractivity contribution in [1.29, 1.82) is 0 Å². The molecule has 1 N–H and O–H groups in total. The quantitative estimate of drug-likeness (QED) is 0.737. The van der Waals surface area contributed by atoms with E-state index in [4.69, 9.17) is 16.0 Å². The molecule has 0 bridgehead atoms. The van der Waals surface area contributed by atoms with Crippen LogP contribution in [0.1, 0.15) is 11.5 Å². The van der Waals surface area contributed by atoms with Crippen molar-refractivity contribution in [2.45, 2.75) is 13.5 Å². The molecular formula is C20H21ClN4O2. The highest BCUT2D eigenvalue weighted by atomic mass is 35.5. The van der Waals surface area contributed by atoms with Gasteiger partial charge in [0.15, 0.2) is 5.58 Å². The van der Waals surface area contributed by atoms with Crippen molar-refractivity contribution in [3.8, 4) is 0 Å². The molecule has 1 aromatic heterocycles. The van der Waals surface area contributed by atoms with Crippen LogP contribution in [-0.4, -0.2) is 47.0 Å². The summed E-state index contributed by atoms with van der Waals surface area (Å²) >= 11 is 6.11. The van der Waals surface area contributed by atoms with Gasteiger partial charge in [0, 0.05) is 26.2 Å². The summed E-state index contributed by atoms with van der Waals surface area (Å²) in [5.41, 5.74) is 3.50. The number of para-hydroxylation sites is 1. The van der Waals surface area contributed by atoms with Crippen LogP contribution in [-0.2, 0) is 6.54 Å². The smallest absolute Gasteiger partial charge is 0.321 e. The molecule has 2 aromatic carbocycles. The Kier molecular flexibility index (Phi) is 5.01. The minimum atomic E-state index is -0.125. The summed E-state index contributed by atoms with van der Waals surface area (Å²) in [6.07, 6.45) is 0. The van der Waals surface area contributed by atoms with Gasteiger partial charge < -0.3 is 14.6 Å². The minimum absolute atomic E-state index is 0.125. The predicted molar refractivity (Wildman–Crippen MR) is 106 cm³/mol. The first-order valence-electron chi connectivity index (χ1n) is 8.97. The van der Waals surface area contributed by atoms with Gasteiger partial charge in [0.2, 0.25) is 5.89 Å².